The fourth-order valence-corrected chi connectivity index (χ4v) is 2.18. The Balaban J connectivity index is 2.29. The number of halogens is 1. The van der Waals surface area contributed by atoms with Crippen molar-refractivity contribution in [1.82, 2.24) is 0 Å². The molecule has 2 rings (SSSR count). The topological polar surface area (TPSA) is 49.7 Å². The van der Waals surface area contributed by atoms with E-state index < -0.39 is 10.0 Å². The van der Waals surface area contributed by atoms with Gasteiger partial charge in [-0.2, -0.15) is 0 Å². The van der Waals surface area contributed by atoms with Crippen molar-refractivity contribution in [3.05, 3.63) is 59.9 Å². The van der Waals surface area contributed by atoms with Crippen molar-refractivity contribution in [3.8, 4) is 0 Å². The zero-order valence-electron chi connectivity index (χ0n) is 11.7. The van der Waals surface area contributed by atoms with E-state index in [2.05, 4.69) is 4.99 Å². The van der Waals surface area contributed by atoms with Crippen LogP contribution in [0, 0.1) is 5.82 Å². The molecule has 0 aliphatic rings. The van der Waals surface area contributed by atoms with E-state index in [0.717, 1.165) is 10.6 Å². The SMILES string of the molecule is CN(c1cccc(N=Cc2ccccc2F)c1)S(C)(=O)=O. The van der Waals surface area contributed by atoms with E-state index in [9.17, 15) is 12.8 Å². The van der Waals surface area contributed by atoms with Gasteiger partial charge in [-0.15, -0.1) is 0 Å². The number of sulfonamides is 1. The zero-order chi connectivity index (χ0) is 15.5. The van der Waals surface area contributed by atoms with Crippen LogP contribution in [0.3, 0.4) is 0 Å². The van der Waals surface area contributed by atoms with Gasteiger partial charge >= 0.3 is 0 Å². The second kappa shape index (κ2) is 6.05. The summed E-state index contributed by atoms with van der Waals surface area (Å²) in [6.07, 6.45) is 2.54. The second-order valence-corrected chi connectivity index (χ2v) is 6.54. The van der Waals surface area contributed by atoms with Gasteiger partial charge in [0.1, 0.15) is 5.82 Å². The molecule has 4 nitrogen and oxygen atoms in total. The first kappa shape index (κ1) is 15.2. The maximum Gasteiger partial charge on any atom is 0.231 e. The lowest BCUT2D eigenvalue weighted by Gasteiger charge is -2.16. The highest BCUT2D eigenvalue weighted by Gasteiger charge is 2.11. The van der Waals surface area contributed by atoms with Crippen molar-refractivity contribution in [2.75, 3.05) is 17.6 Å². The molecule has 2 aromatic carbocycles. The minimum absolute atomic E-state index is 0.356. The van der Waals surface area contributed by atoms with Gasteiger partial charge in [-0.05, 0) is 24.3 Å². The normalized spacial score (nSPS) is 11.8. The van der Waals surface area contributed by atoms with Crippen LogP contribution in [0.2, 0.25) is 0 Å². The molecule has 0 aliphatic heterocycles. The maximum atomic E-state index is 13.5. The average Bonchev–Trinajstić information content (AvgIpc) is 2.45. The number of hydrogen-bond acceptors (Lipinski definition) is 3. The fraction of sp³-hybridized carbons (Fsp3) is 0.133. The third-order valence-electron chi connectivity index (χ3n) is 2.95. The van der Waals surface area contributed by atoms with Crippen molar-refractivity contribution in [2.24, 2.45) is 4.99 Å². The predicted molar refractivity (Wildman–Crippen MR) is 83.3 cm³/mol. The molecule has 0 spiro atoms. The minimum Gasteiger partial charge on any atom is -0.273 e. The van der Waals surface area contributed by atoms with Crippen molar-refractivity contribution in [3.63, 3.8) is 0 Å². The highest BCUT2D eigenvalue weighted by atomic mass is 32.2. The van der Waals surface area contributed by atoms with Crippen LogP contribution in [0.25, 0.3) is 0 Å². The summed E-state index contributed by atoms with van der Waals surface area (Å²) < 4.78 is 37.6. The molecular weight excluding hydrogens is 291 g/mol. The van der Waals surface area contributed by atoms with Gasteiger partial charge in [0.05, 0.1) is 17.6 Å². The predicted octanol–water partition coefficient (Wildman–Crippen LogP) is 2.97. The highest BCUT2D eigenvalue weighted by Crippen LogP contribution is 2.22. The summed E-state index contributed by atoms with van der Waals surface area (Å²) in [7, 11) is -1.86. The summed E-state index contributed by atoms with van der Waals surface area (Å²) >= 11 is 0. The molecule has 0 unspecified atom stereocenters. The minimum atomic E-state index is -3.32. The number of anilines is 1. The van der Waals surface area contributed by atoms with E-state index in [4.69, 9.17) is 0 Å². The molecule has 0 N–H and O–H groups in total. The molecule has 0 heterocycles. The van der Waals surface area contributed by atoms with Gasteiger partial charge in [-0.25, -0.2) is 12.8 Å². The average molecular weight is 306 g/mol. The summed E-state index contributed by atoms with van der Waals surface area (Å²) in [5, 5.41) is 0. The van der Waals surface area contributed by atoms with Crippen LogP contribution in [0.4, 0.5) is 15.8 Å². The Bertz CT molecular complexity index is 773. The van der Waals surface area contributed by atoms with Crippen LogP contribution in [0.15, 0.2) is 53.5 Å². The van der Waals surface area contributed by atoms with Gasteiger partial charge in [0.25, 0.3) is 0 Å². The summed E-state index contributed by atoms with van der Waals surface area (Å²) in [6, 6.07) is 13.0. The van der Waals surface area contributed by atoms with Gasteiger partial charge in [-0.1, -0.05) is 24.3 Å². The number of nitrogens with zero attached hydrogens (tertiary/aromatic N) is 2. The largest absolute Gasteiger partial charge is 0.273 e. The van der Waals surface area contributed by atoms with Crippen molar-refractivity contribution in [2.45, 2.75) is 0 Å². The number of benzene rings is 2. The van der Waals surface area contributed by atoms with E-state index >= 15 is 0 Å². The summed E-state index contributed by atoms with van der Waals surface area (Å²) in [5.74, 6) is -0.356. The number of aliphatic imine (C=N–C) groups is 1. The Morgan fingerprint density at radius 3 is 2.52 bits per heavy atom. The van der Waals surface area contributed by atoms with Crippen LogP contribution in [0.1, 0.15) is 5.56 Å². The summed E-state index contributed by atoms with van der Waals surface area (Å²) in [5.41, 5.74) is 1.42. The Kier molecular flexibility index (Phi) is 4.37. The molecule has 0 amide bonds. The lowest BCUT2D eigenvalue weighted by molar-refractivity contribution is 0.600. The van der Waals surface area contributed by atoms with Crippen LogP contribution in [-0.2, 0) is 10.0 Å². The molecular formula is C15H15FN2O2S. The Morgan fingerprint density at radius 2 is 1.86 bits per heavy atom. The Hall–Kier alpha value is -2.21. The van der Waals surface area contributed by atoms with Gasteiger partial charge in [-0.3, -0.25) is 9.30 Å². The molecule has 110 valence electrons. The van der Waals surface area contributed by atoms with Crippen LogP contribution < -0.4 is 4.31 Å². The molecule has 2 aromatic rings. The maximum absolute atomic E-state index is 13.5. The standard InChI is InChI=1S/C15H15FN2O2S/c1-18(21(2,19)20)14-8-5-7-13(10-14)17-11-12-6-3-4-9-15(12)16/h3-11H,1-2H3. The molecule has 0 atom stereocenters. The molecule has 0 bridgehead atoms. The molecule has 6 heteroatoms. The van der Waals surface area contributed by atoms with Gasteiger partial charge < -0.3 is 0 Å². The lowest BCUT2D eigenvalue weighted by Crippen LogP contribution is -2.24. The van der Waals surface area contributed by atoms with E-state index in [1.54, 1.807) is 42.5 Å². The number of hydrogen-bond donors (Lipinski definition) is 0. The third-order valence-corrected chi connectivity index (χ3v) is 4.15. The summed E-state index contributed by atoms with van der Waals surface area (Å²) in [6.45, 7) is 0. The quantitative estimate of drug-likeness (QED) is 0.815. The van der Waals surface area contributed by atoms with Gasteiger partial charge in [0.15, 0.2) is 0 Å². The molecule has 0 aromatic heterocycles. The first-order valence-electron chi connectivity index (χ1n) is 6.20. The van der Waals surface area contributed by atoms with E-state index in [1.165, 1.54) is 19.3 Å². The highest BCUT2D eigenvalue weighted by molar-refractivity contribution is 7.92. The first-order valence-corrected chi connectivity index (χ1v) is 8.05. The first-order chi connectivity index (χ1) is 9.88. The second-order valence-electron chi connectivity index (χ2n) is 4.53. The lowest BCUT2D eigenvalue weighted by atomic mass is 10.2. The monoisotopic (exact) mass is 306 g/mol. The zero-order valence-corrected chi connectivity index (χ0v) is 12.5. The third kappa shape index (κ3) is 3.88. The Morgan fingerprint density at radius 1 is 1.14 bits per heavy atom. The Labute approximate surface area is 123 Å². The van der Waals surface area contributed by atoms with Crippen molar-refractivity contribution < 1.29 is 12.8 Å². The van der Waals surface area contributed by atoms with Crippen LogP contribution in [0.5, 0.6) is 0 Å². The molecule has 0 fully saturated rings. The van der Waals surface area contributed by atoms with Crippen LogP contribution >= 0.6 is 0 Å². The van der Waals surface area contributed by atoms with E-state index in [-0.39, 0.29) is 5.82 Å². The van der Waals surface area contributed by atoms with Crippen LogP contribution in [-0.4, -0.2) is 27.9 Å². The van der Waals surface area contributed by atoms with Gasteiger partial charge in [0, 0.05) is 18.8 Å². The van der Waals surface area contributed by atoms with E-state index in [0.29, 0.717) is 16.9 Å². The molecule has 0 saturated heterocycles. The summed E-state index contributed by atoms with van der Waals surface area (Å²) in [4.78, 5) is 4.18. The molecule has 0 saturated carbocycles. The number of rotatable bonds is 4. The molecule has 0 aliphatic carbocycles. The van der Waals surface area contributed by atoms with E-state index in [1.807, 2.05) is 0 Å². The fourth-order valence-electron chi connectivity index (χ4n) is 1.68. The smallest absolute Gasteiger partial charge is 0.231 e. The van der Waals surface area contributed by atoms with Crippen molar-refractivity contribution >= 4 is 27.6 Å². The molecule has 21 heavy (non-hydrogen) atoms. The van der Waals surface area contributed by atoms with Crippen molar-refractivity contribution in [1.29, 1.82) is 0 Å². The van der Waals surface area contributed by atoms with Gasteiger partial charge in [0.2, 0.25) is 10.0 Å². The molecule has 0 radical (unpaired) electrons.